The van der Waals surface area contributed by atoms with Crippen molar-refractivity contribution in [1.29, 1.82) is 0 Å². The summed E-state index contributed by atoms with van der Waals surface area (Å²) in [5.41, 5.74) is 4.17. The van der Waals surface area contributed by atoms with Crippen LogP contribution in [0.3, 0.4) is 0 Å². The number of amides is 2. The summed E-state index contributed by atoms with van der Waals surface area (Å²) >= 11 is 0. The highest BCUT2D eigenvalue weighted by Gasteiger charge is 2.60. The van der Waals surface area contributed by atoms with Gasteiger partial charge in [-0.05, 0) is 25.0 Å². The monoisotopic (exact) mass is 324 g/mol. The van der Waals surface area contributed by atoms with Gasteiger partial charge in [0.1, 0.15) is 17.7 Å². The van der Waals surface area contributed by atoms with Gasteiger partial charge in [0.25, 0.3) is 0 Å². The summed E-state index contributed by atoms with van der Waals surface area (Å²) in [7, 11) is 0. The van der Waals surface area contributed by atoms with Crippen LogP contribution in [0.25, 0.3) is 0 Å². The zero-order chi connectivity index (χ0) is 16.8. The Balaban J connectivity index is 2.10. The second kappa shape index (κ2) is 5.56. The van der Waals surface area contributed by atoms with Crippen molar-refractivity contribution in [3.8, 4) is 0 Å². The first-order valence-corrected chi connectivity index (χ1v) is 7.64. The van der Waals surface area contributed by atoms with Gasteiger partial charge in [-0.3, -0.25) is 14.5 Å². The minimum absolute atomic E-state index is 0.0993. The fourth-order valence-corrected chi connectivity index (χ4v) is 3.87. The molecule has 124 valence electrons. The maximum Gasteiger partial charge on any atom is 0.243 e. The molecule has 1 heterocycles. The van der Waals surface area contributed by atoms with E-state index in [0.29, 0.717) is 18.9 Å². The number of nitrogens with two attached hydrogens (primary N) is 1. The van der Waals surface area contributed by atoms with Gasteiger partial charge in [0.2, 0.25) is 11.8 Å². The van der Waals surface area contributed by atoms with E-state index in [0.717, 1.165) is 36.3 Å². The molecule has 7 heteroatoms. The van der Waals surface area contributed by atoms with E-state index in [1.54, 1.807) is 0 Å². The molecule has 1 aromatic rings. The Hall–Kier alpha value is -2.02. The zero-order valence-corrected chi connectivity index (χ0v) is 12.5. The van der Waals surface area contributed by atoms with Crippen molar-refractivity contribution in [1.82, 2.24) is 0 Å². The van der Waals surface area contributed by atoms with Gasteiger partial charge in [0, 0.05) is 6.07 Å². The number of aliphatic hydroxyl groups is 1. The van der Waals surface area contributed by atoms with Gasteiger partial charge in [-0.15, -0.1) is 0 Å². The fraction of sp³-hybridized carbons (Fsp3) is 0.500. The van der Waals surface area contributed by atoms with E-state index in [1.807, 2.05) is 0 Å². The van der Waals surface area contributed by atoms with E-state index in [9.17, 15) is 23.5 Å². The minimum atomic E-state index is -1.32. The average molecular weight is 324 g/mol. The largest absolute Gasteiger partial charge is 0.389 e. The number of primary amides is 1. The normalized spacial score (nSPS) is 26.7. The maximum atomic E-state index is 13.5. The Bertz CT molecular complexity index is 638. The molecule has 3 rings (SSSR count). The third-order valence-corrected chi connectivity index (χ3v) is 4.95. The summed E-state index contributed by atoms with van der Waals surface area (Å²) in [5, 5.41) is 10.6. The standard InChI is InChI=1S/C16H18F2N2O3/c17-9-6-10(18)8-11(7-9)20-12(14(19)22)13(21)16(15(20)23)4-2-1-3-5-16/h6-8,12-13,21H,1-5H2,(H2,19,22). The average Bonchev–Trinajstić information content (AvgIpc) is 2.69. The second-order valence-corrected chi connectivity index (χ2v) is 6.31. The molecule has 1 aromatic carbocycles. The number of hydrogen-bond acceptors (Lipinski definition) is 3. The Labute approximate surface area is 132 Å². The molecular weight excluding hydrogens is 306 g/mol. The van der Waals surface area contributed by atoms with Crippen LogP contribution in [0.1, 0.15) is 32.1 Å². The fourth-order valence-electron chi connectivity index (χ4n) is 3.87. The van der Waals surface area contributed by atoms with Crippen molar-refractivity contribution < 1.29 is 23.5 Å². The SMILES string of the molecule is NC(=O)C1C(O)C2(CCCCC2)C(=O)N1c1cc(F)cc(F)c1. The number of aliphatic hydroxyl groups excluding tert-OH is 1. The minimum Gasteiger partial charge on any atom is -0.389 e. The number of anilines is 1. The highest BCUT2D eigenvalue weighted by atomic mass is 19.1. The summed E-state index contributed by atoms with van der Waals surface area (Å²) in [6.45, 7) is 0. The molecule has 1 spiro atoms. The van der Waals surface area contributed by atoms with Crippen LogP contribution in [-0.4, -0.2) is 29.1 Å². The van der Waals surface area contributed by atoms with Crippen LogP contribution in [0.5, 0.6) is 0 Å². The number of carbonyl (C=O) groups excluding carboxylic acids is 2. The molecule has 2 aliphatic rings. The highest BCUT2D eigenvalue weighted by Crippen LogP contribution is 2.48. The highest BCUT2D eigenvalue weighted by molar-refractivity contribution is 6.07. The maximum absolute atomic E-state index is 13.5. The van der Waals surface area contributed by atoms with Crippen LogP contribution in [-0.2, 0) is 9.59 Å². The van der Waals surface area contributed by atoms with Gasteiger partial charge in [-0.1, -0.05) is 19.3 Å². The molecule has 2 fully saturated rings. The van der Waals surface area contributed by atoms with Gasteiger partial charge < -0.3 is 10.8 Å². The van der Waals surface area contributed by atoms with Gasteiger partial charge in [0.15, 0.2) is 0 Å². The lowest BCUT2D eigenvalue weighted by molar-refractivity contribution is -0.131. The van der Waals surface area contributed by atoms with Crippen molar-refractivity contribution in [3.05, 3.63) is 29.8 Å². The number of benzene rings is 1. The molecule has 3 N–H and O–H groups in total. The van der Waals surface area contributed by atoms with E-state index >= 15 is 0 Å². The number of hydrogen-bond donors (Lipinski definition) is 2. The van der Waals surface area contributed by atoms with Gasteiger partial charge in [-0.2, -0.15) is 0 Å². The molecular formula is C16H18F2N2O3. The lowest BCUT2D eigenvalue weighted by atomic mass is 9.70. The lowest BCUT2D eigenvalue weighted by Gasteiger charge is -2.33. The molecule has 5 nitrogen and oxygen atoms in total. The van der Waals surface area contributed by atoms with Crippen LogP contribution in [0.4, 0.5) is 14.5 Å². The van der Waals surface area contributed by atoms with Crippen molar-refractivity contribution in [2.24, 2.45) is 11.1 Å². The first-order valence-electron chi connectivity index (χ1n) is 7.64. The molecule has 1 aliphatic heterocycles. The van der Waals surface area contributed by atoms with Crippen molar-refractivity contribution >= 4 is 17.5 Å². The number of halogens is 2. The summed E-state index contributed by atoms with van der Waals surface area (Å²) in [6.07, 6.45) is 2.03. The summed E-state index contributed by atoms with van der Waals surface area (Å²) in [6, 6.07) is 1.29. The molecule has 1 aliphatic carbocycles. The molecule has 23 heavy (non-hydrogen) atoms. The van der Waals surface area contributed by atoms with Crippen LogP contribution < -0.4 is 10.6 Å². The lowest BCUT2D eigenvalue weighted by Crippen LogP contribution is -2.47. The topological polar surface area (TPSA) is 83.6 Å². The Kier molecular flexibility index (Phi) is 3.83. The molecule has 0 aromatic heterocycles. The number of rotatable bonds is 2. The molecule has 0 radical (unpaired) electrons. The first-order chi connectivity index (χ1) is 10.9. The van der Waals surface area contributed by atoms with Crippen LogP contribution >= 0.6 is 0 Å². The quantitative estimate of drug-likeness (QED) is 0.864. The molecule has 0 bridgehead atoms. The Morgan fingerprint density at radius 2 is 1.74 bits per heavy atom. The second-order valence-electron chi connectivity index (χ2n) is 6.31. The van der Waals surface area contributed by atoms with E-state index in [4.69, 9.17) is 5.73 Å². The van der Waals surface area contributed by atoms with E-state index in [1.165, 1.54) is 0 Å². The summed E-state index contributed by atoms with van der Waals surface area (Å²) < 4.78 is 27.0. The third-order valence-electron chi connectivity index (χ3n) is 4.95. The summed E-state index contributed by atoms with van der Waals surface area (Å²) in [5.74, 6) is -3.11. The predicted octanol–water partition coefficient (Wildman–Crippen LogP) is 1.48. The molecule has 2 unspecified atom stereocenters. The summed E-state index contributed by atoms with van der Waals surface area (Å²) in [4.78, 5) is 25.7. The van der Waals surface area contributed by atoms with Gasteiger partial charge in [-0.25, -0.2) is 8.78 Å². The van der Waals surface area contributed by atoms with Crippen LogP contribution in [0.15, 0.2) is 18.2 Å². The smallest absolute Gasteiger partial charge is 0.243 e. The first kappa shape index (κ1) is 15.9. The van der Waals surface area contributed by atoms with Gasteiger partial charge in [0.05, 0.1) is 17.2 Å². The van der Waals surface area contributed by atoms with Crippen LogP contribution in [0.2, 0.25) is 0 Å². The van der Waals surface area contributed by atoms with Crippen molar-refractivity contribution in [3.63, 3.8) is 0 Å². The van der Waals surface area contributed by atoms with E-state index in [2.05, 4.69) is 0 Å². The Morgan fingerprint density at radius 1 is 1.17 bits per heavy atom. The van der Waals surface area contributed by atoms with Crippen molar-refractivity contribution in [2.45, 2.75) is 44.2 Å². The zero-order valence-electron chi connectivity index (χ0n) is 12.5. The Morgan fingerprint density at radius 3 is 2.26 bits per heavy atom. The predicted molar refractivity (Wildman–Crippen MR) is 78.4 cm³/mol. The molecule has 1 saturated heterocycles. The number of nitrogens with zero attached hydrogens (tertiary/aromatic N) is 1. The number of carbonyl (C=O) groups is 2. The van der Waals surface area contributed by atoms with E-state index < -0.39 is 41.0 Å². The third kappa shape index (κ3) is 2.39. The van der Waals surface area contributed by atoms with E-state index in [-0.39, 0.29) is 5.69 Å². The van der Waals surface area contributed by atoms with Crippen LogP contribution in [0, 0.1) is 17.0 Å². The van der Waals surface area contributed by atoms with Gasteiger partial charge >= 0.3 is 0 Å². The molecule has 1 saturated carbocycles. The molecule has 2 atom stereocenters. The van der Waals surface area contributed by atoms with Crippen molar-refractivity contribution in [2.75, 3.05) is 4.90 Å². The molecule has 2 amide bonds.